The maximum absolute atomic E-state index is 8.97. The average Bonchev–Trinajstić information content (AvgIpc) is 1.77. The first-order chi connectivity index (χ1) is 3.80. The quantitative estimate of drug-likeness (QED) is 0.500. The zero-order chi connectivity index (χ0) is 5.98. The summed E-state index contributed by atoms with van der Waals surface area (Å²) in [5.41, 5.74) is 0. The molecule has 1 atom stereocenters. The van der Waals surface area contributed by atoms with Gasteiger partial charge in [-0.3, -0.25) is 0 Å². The summed E-state index contributed by atoms with van der Waals surface area (Å²) in [6.07, 6.45) is 2.64. The van der Waals surface area contributed by atoms with E-state index >= 15 is 0 Å². The van der Waals surface area contributed by atoms with Crippen LogP contribution in [0, 0.1) is 0 Å². The van der Waals surface area contributed by atoms with Gasteiger partial charge in [0.2, 0.25) is 0 Å². The number of hydrogen-bond donors (Lipinski definition) is 1. The van der Waals surface area contributed by atoms with E-state index in [1.807, 2.05) is 0 Å². The van der Waals surface area contributed by atoms with Gasteiger partial charge in [-0.1, -0.05) is 0 Å². The highest BCUT2D eigenvalue weighted by Gasteiger charge is 2.16. The van der Waals surface area contributed by atoms with Crippen LogP contribution < -0.4 is 0 Å². The third-order valence-electron chi connectivity index (χ3n) is 1.41. The maximum Gasteiger partial charge on any atom is 0.120 e. The third kappa shape index (κ3) is 1.34. The van der Waals surface area contributed by atoms with Gasteiger partial charge in [0.25, 0.3) is 0 Å². The molecule has 1 saturated heterocycles. The molecule has 0 bridgehead atoms. The minimum atomic E-state index is -0.398. The molecule has 8 heavy (non-hydrogen) atoms. The van der Waals surface area contributed by atoms with E-state index in [0.717, 1.165) is 25.8 Å². The Morgan fingerprint density at radius 1 is 1.50 bits per heavy atom. The van der Waals surface area contributed by atoms with Crippen molar-refractivity contribution in [3.8, 4) is 0 Å². The summed E-state index contributed by atoms with van der Waals surface area (Å²) in [5.74, 6) is 0. The number of hydrogen-bond acceptors (Lipinski definition) is 2. The lowest BCUT2D eigenvalue weighted by Crippen LogP contribution is -2.31. The van der Waals surface area contributed by atoms with Crippen LogP contribution in [-0.2, 0) is 0 Å². The summed E-state index contributed by atoms with van der Waals surface area (Å²) < 4.78 is 1.46. The fourth-order valence-electron chi connectivity index (χ4n) is 0.879. The van der Waals surface area contributed by atoms with E-state index in [4.69, 9.17) is 16.9 Å². The summed E-state index contributed by atoms with van der Waals surface area (Å²) >= 11 is 5.55. The van der Waals surface area contributed by atoms with Gasteiger partial charge >= 0.3 is 0 Å². The van der Waals surface area contributed by atoms with Crippen LogP contribution >= 0.6 is 11.8 Å². The molecule has 0 aromatic heterocycles. The molecule has 0 aliphatic carbocycles. The molecule has 1 unspecified atom stereocenters. The van der Waals surface area contributed by atoms with Crippen molar-refractivity contribution in [3.63, 3.8) is 0 Å². The molecule has 1 rings (SSSR count). The number of aliphatic hydroxyl groups is 1. The summed E-state index contributed by atoms with van der Waals surface area (Å²) in [6.45, 7) is 0.822. The molecule has 0 aromatic rings. The average molecular weight is 136 g/mol. The van der Waals surface area contributed by atoms with Crippen molar-refractivity contribution in [3.05, 3.63) is 0 Å². The molecule has 0 saturated carbocycles. The fourth-order valence-corrected chi connectivity index (χ4v) is 1.10. The number of nitrogens with zero attached hydrogens (tertiary/aromatic N) is 1. The van der Waals surface area contributed by atoms with E-state index in [0.29, 0.717) is 0 Å². The molecule has 3 heteroatoms. The van der Waals surface area contributed by atoms with Crippen LogP contribution in [0.3, 0.4) is 0 Å². The molecular formula is C5H10ClNO. The highest BCUT2D eigenvalue weighted by molar-refractivity contribution is 6.13. The highest BCUT2D eigenvalue weighted by atomic mass is 35.5. The van der Waals surface area contributed by atoms with Crippen LogP contribution in [0.15, 0.2) is 0 Å². The molecule has 0 spiro atoms. The summed E-state index contributed by atoms with van der Waals surface area (Å²) in [4.78, 5) is 0. The normalized spacial score (nSPS) is 33.0. The molecule has 0 aromatic carbocycles. The minimum Gasteiger partial charge on any atom is -0.377 e. The van der Waals surface area contributed by atoms with Gasteiger partial charge in [0.1, 0.15) is 6.23 Å². The predicted octanol–water partition coefficient (Wildman–Crippen LogP) is 0.945. The van der Waals surface area contributed by atoms with Crippen molar-refractivity contribution >= 4 is 11.8 Å². The molecule has 1 heterocycles. The van der Waals surface area contributed by atoms with Crippen LogP contribution in [0.5, 0.6) is 0 Å². The van der Waals surface area contributed by atoms with Gasteiger partial charge in [-0.25, -0.2) is 0 Å². The maximum atomic E-state index is 8.97. The Labute approximate surface area is 54.2 Å². The Morgan fingerprint density at radius 2 is 2.25 bits per heavy atom. The lowest BCUT2D eigenvalue weighted by atomic mass is 10.1. The van der Waals surface area contributed by atoms with E-state index < -0.39 is 6.23 Å². The van der Waals surface area contributed by atoms with Gasteiger partial charge < -0.3 is 5.11 Å². The summed E-state index contributed by atoms with van der Waals surface area (Å²) in [5, 5.41) is 8.97. The second kappa shape index (κ2) is 2.67. The number of rotatable bonds is 0. The largest absolute Gasteiger partial charge is 0.377 e. The fraction of sp³-hybridized carbons (Fsp3) is 1.00. The summed E-state index contributed by atoms with van der Waals surface area (Å²) in [6, 6.07) is 0. The van der Waals surface area contributed by atoms with E-state index in [9.17, 15) is 0 Å². The lowest BCUT2D eigenvalue weighted by Gasteiger charge is -2.24. The van der Waals surface area contributed by atoms with Crippen molar-refractivity contribution in [2.75, 3.05) is 6.54 Å². The molecule has 1 N–H and O–H groups in total. The highest BCUT2D eigenvalue weighted by Crippen LogP contribution is 2.15. The number of piperidine rings is 1. The van der Waals surface area contributed by atoms with Crippen molar-refractivity contribution < 1.29 is 5.11 Å². The molecule has 1 fully saturated rings. The van der Waals surface area contributed by atoms with Gasteiger partial charge in [0.05, 0.1) is 0 Å². The second-order valence-electron chi connectivity index (χ2n) is 2.10. The van der Waals surface area contributed by atoms with Crippen molar-refractivity contribution in [2.24, 2.45) is 0 Å². The van der Waals surface area contributed by atoms with Gasteiger partial charge in [0, 0.05) is 6.54 Å². The van der Waals surface area contributed by atoms with Gasteiger partial charge in [-0.05, 0) is 31.0 Å². The zero-order valence-electron chi connectivity index (χ0n) is 4.68. The SMILES string of the molecule is OC1CCCCN1Cl. The topological polar surface area (TPSA) is 23.5 Å². The Bertz CT molecular complexity index is 68.8. The monoisotopic (exact) mass is 135 g/mol. The van der Waals surface area contributed by atoms with E-state index in [1.54, 1.807) is 0 Å². The zero-order valence-corrected chi connectivity index (χ0v) is 5.43. The summed E-state index contributed by atoms with van der Waals surface area (Å²) in [7, 11) is 0. The Balaban J connectivity index is 2.28. The van der Waals surface area contributed by atoms with Gasteiger partial charge in [-0.15, -0.1) is 0 Å². The van der Waals surface area contributed by atoms with Crippen molar-refractivity contribution in [1.82, 2.24) is 4.42 Å². The minimum absolute atomic E-state index is 0.398. The first-order valence-electron chi connectivity index (χ1n) is 2.91. The van der Waals surface area contributed by atoms with Crippen molar-refractivity contribution in [2.45, 2.75) is 25.5 Å². The first kappa shape index (κ1) is 6.33. The lowest BCUT2D eigenvalue weighted by molar-refractivity contribution is 0.0348. The van der Waals surface area contributed by atoms with Crippen molar-refractivity contribution in [1.29, 1.82) is 0 Å². The Morgan fingerprint density at radius 3 is 2.62 bits per heavy atom. The molecule has 0 radical (unpaired) electrons. The van der Waals surface area contributed by atoms with Crippen LogP contribution in [0.2, 0.25) is 0 Å². The number of halogens is 1. The van der Waals surface area contributed by atoms with Crippen LogP contribution in [-0.4, -0.2) is 22.3 Å². The molecule has 1 aliphatic heterocycles. The van der Waals surface area contributed by atoms with Gasteiger partial charge in [-0.2, -0.15) is 4.42 Å². The van der Waals surface area contributed by atoms with Gasteiger partial charge in [0.15, 0.2) is 0 Å². The number of aliphatic hydroxyl groups excluding tert-OH is 1. The van der Waals surface area contributed by atoms with E-state index in [-0.39, 0.29) is 0 Å². The van der Waals surface area contributed by atoms with Crippen LogP contribution in [0.1, 0.15) is 19.3 Å². The van der Waals surface area contributed by atoms with E-state index in [1.165, 1.54) is 4.42 Å². The molecule has 1 aliphatic rings. The second-order valence-corrected chi connectivity index (χ2v) is 2.53. The molecule has 0 amide bonds. The smallest absolute Gasteiger partial charge is 0.120 e. The molecule has 2 nitrogen and oxygen atoms in total. The Kier molecular flexibility index (Phi) is 2.11. The third-order valence-corrected chi connectivity index (χ3v) is 1.80. The molecular weight excluding hydrogens is 126 g/mol. The molecule has 48 valence electrons. The van der Waals surface area contributed by atoms with E-state index in [2.05, 4.69) is 0 Å². The van der Waals surface area contributed by atoms with Crippen LogP contribution in [0.25, 0.3) is 0 Å². The standard InChI is InChI=1S/C5H10ClNO/c6-7-4-2-1-3-5(7)8/h5,8H,1-4H2. The van der Waals surface area contributed by atoms with Crippen LogP contribution in [0.4, 0.5) is 0 Å². The first-order valence-corrected chi connectivity index (χ1v) is 3.25. The predicted molar refractivity (Wildman–Crippen MR) is 32.4 cm³/mol. The Hall–Kier alpha value is 0.210.